The average Bonchev–Trinajstić information content (AvgIpc) is 3.97. The van der Waals surface area contributed by atoms with Gasteiger partial charge in [0.15, 0.2) is 11.3 Å². The zero-order chi connectivity index (χ0) is 34.9. The molecule has 4 aromatic heterocycles. The van der Waals surface area contributed by atoms with E-state index >= 15 is 0 Å². The van der Waals surface area contributed by atoms with E-state index in [2.05, 4.69) is 25.6 Å². The Balaban J connectivity index is 1.01. The first-order valence-corrected chi connectivity index (χ1v) is 17.2. The highest BCUT2D eigenvalue weighted by molar-refractivity contribution is 6.05. The minimum Gasteiger partial charge on any atom is -0.494 e. The molecule has 51 heavy (non-hydrogen) atoms. The normalized spacial score (nSPS) is 19.2. The van der Waals surface area contributed by atoms with Crippen molar-refractivity contribution < 1.29 is 28.2 Å². The van der Waals surface area contributed by atoms with Gasteiger partial charge in [0.25, 0.3) is 5.91 Å². The van der Waals surface area contributed by atoms with E-state index in [0.717, 1.165) is 30.8 Å². The Morgan fingerprint density at radius 3 is 2.86 bits per heavy atom. The Kier molecular flexibility index (Phi) is 9.08. The quantitative estimate of drug-likeness (QED) is 0.195. The van der Waals surface area contributed by atoms with E-state index in [1.165, 1.54) is 0 Å². The topological polar surface area (TPSA) is 153 Å². The third-order valence-electron chi connectivity index (χ3n) is 9.75. The molecule has 0 radical (unpaired) electrons. The summed E-state index contributed by atoms with van der Waals surface area (Å²) >= 11 is 0. The van der Waals surface area contributed by atoms with Gasteiger partial charge in [-0.15, -0.1) is 0 Å². The van der Waals surface area contributed by atoms with Crippen molar-refractivity contribution in [3.63, 3.8) is 0 Å². The number of hydrogen-bond donors (Lipinski definition) is 2. The van der Waals surface area contributed by atoms with E-state index in [-0.39, 0.29) is 29.6 Å². The Labute approximate surface area is 292 Å². The fourth-order valence-corrected chi connectivity index (χ4v) is 7.12. The molecule has 1 aromatic carbocycles. The Morgan fingerprint density at radius 1 is 1.10 bits per heavy atom. The maximum Gasteiger partial charge on any atom is 0.310 e. The third-order valence-corrected chi connectivity index (χ3v) is 9.75. The molecule has 3 aliphatic heterocycles. The maximum absolute atomic E-state index is 13.8. The molecule has 2 fully saturated rings. The number of alkyl halides is 1. The minimum atomic E-state index is -0.399. The van der Waals surface area contributed by atoms with E-state index < -0.39 is 6.67 Å². The molecule has 266 valence electrons. The molecule has 1 amide bonds. The molecule has 2 saturated heterocycles. The molecule has 5 aromatic rings. The number of carbonyl (C=O) groups is 2. The highest BCUT2D eigenvalue weighted by Gasteiger charge is 2.33. The van der Waals surface area contributed by atoms with Crippen molar-refractivity contribution in [2.75, 3.05) is 78.1 Å². The van der Waals surface area contributed by atoms with Crippen LogP contribution in [0.4, 0.5) is 10.1 Å². The van der Waals surface area contributed by atoms with Crippen LogP contribution >= 0.6 is 0 Å². The van der Waals surface area contributed by atoms with Gasteiger partial charge in [0, 0.05) is 76.5 Å². The number of anilines is 1. The molecule has 0 saturated carbocycles. The van der Waals surface area contributed by atoms with Crippen LogP contribution in [0.1, 0.15) is 23.3 Å². The predicted molar refractivity (Wildman–Crippen MR) is 185 cm³/mol. The number of rotatable bonds is 11. The lowest BCUT2D eigenvalue weighted by molar-refractivity contribution is -0.153. The van der Waals surface area contributed by atoms with Crippen LogP contribution in [0.5, 0.6) is 11.5 Å². The third kappa shape index (κ3) is 6.52. The van der Waals surface area contributed by atoms with Crippen molar-refractivity contribution >= 4 is 34.1 Å². The zero-order valence-electron chi connectivity index (χ0n) is 28.3. The smallest absolute Gasteiger partial charge is 0.310 e. The highest BCUT2D eigenvalue weighted by Crippen LogP contribution is 2.38. The van der Waals surface area contributed by atoms with Crippen LogP contribution < -0.4 is 20.1 Å². The van der Waals surface area contributed by atoms with Crippen LogP contribution in [0.25, 0.3) is 33.5 Å². The van der Waals surface area contributed by atoms with Crippen LogP contribution in [0, 0.1) is 5.92 Å². The van der Waals surface area contributed by atoms with E-state index in [9.17, 15) is 14.0 Å². The highest BCUT2D eigenvalue weighted by atomic mass is 19.1. The van der Waals surface area contributed by atoms with Gasteiger partial charge in [-0.05, 0) is 31.5 Å². The molecule has 15 nitrogen and oxygen atoms in total. The molecule has 2 atom stereocenters. The van der Waals surface area contributed by atoms with Gasteiger partial charge in [0.2, 0.25) is 0 Å². The summed E-state index contributed by atoms with van der Waals surface area (Å²) in [5.41, 5.74) is 4.26. The molecule has 16 heteroatoms. The summed E-state index contributed by atoms with van der Waals surface area (Å²) in [4.78, 5) is 40.0. The number of amides is 1. The van der Waals surface area contributed by atoms with Crippen molar-refractivity contribution in [3.8, 4) is 28.4 Å². The monoisotopic (exact) mass is 698 g/mol. The Bertz CT molecular complexity index is 2080. The predicted octanol–water partition coefficient (Wildman–Crippen LogP) is 2.58. The van der Waals surface area contributed by atoms with E-state index in [0.29, 0.717) is 91.7 Å². The van der Waals surface area contributed by atoms with Crippen molar-refractivity contribution in [1.29, 1.82) is 0 Å². The summed E-state index contributed by atoms with van der Waals surface area (Å²) in [5.74, 6) is 0.435. The van der Waals surface area contributed by atoms with Crippen molar-refractivity contribution in [2.24, 2.45) is 5.92 Å². The van der Waals surface area contributed by atoms with Crippen molar-refractivity contribution in [2.45, 2.75) is 18.9 Å². The van der Waals surface area contributed by atoms with Gasteiger partial charge in [-0.2, -0.15) is 10.2 Å². The lowest BCUT2D eigenvalue weighted by Gasteiger charge is -2.21. The number of ether oxygens (including phenoxy) is 3. The standard InChI is InChI=1S/C35H39FN10O5/c1-49-31-16-27-30(50-14-8-37-27)17-29(31)46-28-15-26(24-19-41-45-9-2-6-38-33(24)45)40-18-25(28)32(42-46)34(47)39-7-13-44-10-3-22(20-44)35(48)51-23-4-11-43(21-23)12-5-36/h2,6,9,15-19,22-23,37H,3-5,7-8,10-14,20-21H2,1H3,(H,39,47)/t22-,23-/m1/s1. The first-order valence-electron chi connectivity index (χ1n) is 17.2. The second-order valence-corrected chi connectivity index (χ2v) is 13.0. The maximum atomic E-state index is 13.8. The Hall–Kier alpha value is -5.35. The van der Waals surface area contributed by atoms with Gasteiger partial charge >= 0.3 is 5.97 Å². The van der Waals surface area contributed by atoms with Gasteiger partial charge in [-0.25, -0.2) is 18.6 Å². The number of fused-ring (bicyclic) bond motifs is 3. The summed E-state index contributed by atoms with van der Waals surface area (Å²) in [6.45, 7) is 4.71. The average molecular weight is 699 g/mol. The number of halogens is 1. The summed E-state index contributed by atoms with van der Waals surface area (Å²) in [5, 5.41) is 16.2. The van der Waals surface area contributed by atoms with Crippen molar-refractivity contribution in [1.82, 2.24) is 44.5 Å². The molecule has 0 unspecified atom stereocenters. The summed E-state index contributed by atoms with van der Waals surface area (Å²) in [7, 11) is 1.59. The van der Waals surface area contributed by atoms with Crippen LogP contribution in [0.15, 0.2) is 49.1 Å². The number of nitrogens with zero attached hydrogens (tertiary/aromatic N) is 8. The van der Waals surface area contributed by atoms with Gasteiger partial charge in [0.1, 0.15) is 36.6 Å². The number of methoxy groups -OCH3 is 1. The zero-order valence-corrected chi connectivity index (χ0v) is 28.3. The number of likely N-dealkylation sites (tertiary alicyclic amines) is 2. The molecule has 0 spiro atoms. The van der Waals surface area contributed by atoms with Gasteiger partial charge in [0.05, 0.1) is 47.1 Å². The number of esters is 1. The van der Waals surface area contributed by atoms with Crippen LogP contribution in [-0.4, -0.2) is 130 Å². The second-order valence-electron chi connectivity index (χ2n) is 13.0. The van der Waals surface area contributed by atoms with E-state index in [4.69, 9.17) is 24.3 Å². The van der Waals surface area contributed by atoms with E-state index in [1.807, 2.05) is 29.3 Å². The van der Waals surface area contributed by atoms with E-state index in [1.54, 1.807) is 41.0 Å². The number of carbonyl (C=O) groups excluding carboxylic acids is 2. The van der Waals surface area contributed by atoms with Gasteiger partial charge < -0.3 is 29.7 Å². The summed E-state index contributed by atoms with van der Waals surface area (Å²) < 4.78 is 33.5. The van der Waals surface area contributed by atoms with Gasteiger partial charge in [-0.3, -0.25) is 19.5 Å². The molecule has 3 aliphatic rings. The molecule has 8 rings (SSSR count). The SMILES string of the molecule is COc1cc2c(cc1-n1nc(C(=O)NCCN3CC[C@@H](C(=O)O[C@@H]4CCN(CCF)C4)C3)c3cnc(-c4cnn5cccnc45)cc31)OCCN2. The largest absolute Gasteiger partial charge is 0.494 e. The summed E-state index contributed by atoms with van der Waals surface area (Å²) in [6.07, 6.45) is 8.13. The number of aromatic nitrogens is 6. The second kappa shape index (κ2) is 14.1. The lowest BCUT2D eigenvalue weighted by atomic mass is 10.1. The number of benzene rings is 1. The first-order chi connectivity index (χ1) is 25.0. The molecule has 2 N–H and O–H groups in total. The summed E-state index contributed by atoms with van der Waals surface area (Å²) in [6, 6.07) is 7.39. The molecule has 0 bridgehead atoms. The molecular formula is C35H39FN10O5. The number of nitrogens with one attached hydrogen (secondary N) is 2. The minimum absolute atomic E-state index is 0.181. The first kappa shape index (κ1) is 32.8. The molecule has 7 heterocycles. The molecule has 0 aliphatic carbocycles. The van der Waals surface area contributed by atoms with Crippen molar-refractivity contribution in [3.05, 3.63) is 54.7 Å². The fraction of sp³-hybridized carbons (Fsp3) is 0.429. The molecular weight excluding hydrogens is 659 g/mol. The Morgan fingerprint density at radius 2 is 1.98 bits per heavy atom. The van der Waals surface area contributed by atoms with Crippen LogP contribution in [0.3, 0.4) is 0 Å². The fourth-order valence-electron chi connectivity index (χ4n) is 7.12. The number of hydrogen-bond acceptors (Lipinski definition) is 12. The number of pyridine rings is 1. The van der Waals surface area contributed by atoms with Crippen LogP contribution in [-0.2, 0) is 9.53 Å². The van der Waals surface area contributed by atoms with Crippen LogP contribution in [0.2, 0.25) is 0 Å². The lowest BCUT2D eigenvalue weighted by Crippen LogP contribution is -2.35. The van der Waals surface area contributed by atoms with Gasteiger partial charge in [-0.1, -0.05) is 0 Å².